The molecule has 2 aromatic carbocycles. The van der Waals surface area contributed by atoms with E-state index in [1.54, 1.807) is 0 Å². The zero-order chi connectivity index (χ0) is 15.4. The molecule has 0 aromatic heterocycles. The van der Waals surface area contributed by atoms with E-state index >= 15 is 0 Å². The summed E-state index contributed by atoms with van der Waals surface area (Å²) in [5.74, 6) is 0.921. The minimum atomic E-state index is -3.34. The van der Waals surface area contributed by atoms with Crippen molar-refractivity contribution in [2.24, 2.45) is 0 Å². The first kappa shape index (κ1) is 15.1. The average Bonchev–Trinajstić information content (AvgIpc) is 2.53. The zero-order valence-electron chi connectivity index (χ0n) is 12.3. The van der Waals surface area contributed by atoms with Gasteiger partial charge in [-0.05, 0) is 35.6 Å². The van der Waals surface area contributed by atoms with Gasteiger partial charge in [0.2, 0.25) is 10.0 Å². The Hall–Kier alpha value is -1.85. The number of hydrogen-bond donors (Lipinski definition) is 1. The summed E-state index contributed by atoms with van der Waals surface area (Å²) in [5.41, 5.74) is 2.90. The fourth-order valence-electron chi connectivity index (χ4n) is 2.56. The van der Waals surface area contributed by atoms with Gasteiger partial charge in [0.05, 0.1) is 12.4 Å². The molecule has 3 rings (SSSR count). The van der Waals surface area contributed by atoms with Gasteiger partial charge in [0.1, 0.15) is 5.75 Å². The van der Waals surface area contributed by atoms with Crippen LogP contribution in [0.15, 0.2) is 48.5 Å². The summed E-state index contributed by atoms with van der Waals surface area (Å²) in [5, 5.41) is 0. The van der Waals surface area contributed by atoms with E-state index in [9.17, 15) is 8.42 Å². The summed E-state index contributed by atoms with van der Waals surface area (Å²) in [6, 6.07) is 15.1. The van der Waals surface area contributed by atoms with Gasteiger partial charge in [0.15, 0.2) is 0 Å². The standard InChI is InChI=1S/C17H19NO3S/c19-22(20,13-14-5-2-1-3-6-14)18-12-15-8-9-17-16(11-15)7-4-10-21-17/h1-3,5-6,8-9,11,18H,4,7,10,12-13H2. The van der Waals surface area contributed by atoms with E-state index in [1.807, 2.05) is 48.5 Å². The largest absolute Gasteiger partial charge is 0.493 e. The molecule has 0 radical (unpaired) electrons. The van der Waals surface area contributed by atoms with Crippen molar-refractivity contribution in [1.29, 1.82) is 0 Å². The quantitative estimate of drug-likeness (QED) is 0.922. The summed E-state index contributed by atoms with van der Waals surface area (Å²) in [6.07, 6.45) is 2.00. The van der Waals surface area contributed by atoms with E-state index < -0.39 is 10.0 Å². The van der Waals surface area contributed by atoms with E-state index in [0.717, 1.165) is 41.9 Å². The smallest absolute Gasteiger partial charge is 0.216 e. The third kappa shape index (κ3) is 3.87. The Bertz CT molecular complexity index is 742. The highest BCUT2D eigenvalue weighted by atomic mass is 32.2. The van der Waals surface area contributed by atoms with E-state index in [-0.39, 0.29) is 5.75 Å². The molecule has 0 unspecified atom stereocenters. The van der Waals surface area contributed by atoms with Crippen LogP contribution in [0.5, 0.6) is 5.75 Å². The summed E-state index contributed by atoms with van der Waals surface area (Å²) < 4.78 is 32.5. The van der Waals surface area contributed by atoms with Crippen LogP contribution in [0.2, 0.25) is 0 Å². The van der Waals surface area contributed by atoms with Gasteiger partial charge in [-0.2, -0.15) is 0 Å². The average molecular weight is 317 g/mol. The van der Waals surface area contributed by atoms with Crippen LogP contribution >= 0.6 is 0 Å². The molecular weight excluding hydrogens is 298 g/mol. The first-order chi connectivity index (χ1) is 10.6. The minimum Gasteiger partial charge on any atom is -0.493 e. The van der Waals surface area contributed by atoms with Gasteiger partial charge in [-0.1, -0.05) is 42.5 Å². The molecule has 0 saturated carbocycles. The zero-order valence-corrected chi connectivity index (χ0v) is 13.1. The van der Waals surface area contributed by atoms with Crippen molar-refractivity contribution in [3.05, 3.63) is 65.2 Å². The molecule has 0 spiro atoms. The van der Waals surface area contributed by atoms with Gasteiger partial charge in [0.25, 0.3) is 0 Å². The number of ether oxygens (including phenoxy) is 1. The number of aryl methyl sites for hydroxylation is 1. The Morgan fingerprint density at radius 3 is 2.68 bits per heavy atom. The first-order valence-corrected chi connectivity index (χ1v) is 9.03. The number of fused-ring (bicyclic) bond motifs is 1. The number of benzene rings is 2. The van der Waals surface area contributed by atoms with Crippen LogP contribution in [0.25, 0.3) is 0 Å². The fourth-order valence-corrected chi connectivity index (χ4v) is 3.68. The van der Waals surface area contributed by atoms with Gasteiger partial charge in [0, 0.05) is 6.54 Å². The minimum absolute atomic E-state index is 0.00188. The second-order valence-corrected chi connectivity index (χ2v) is 7.27. The lowest BCUT2D eigenvalue weighted by molar-refractivity contribution is 0.288. The van der Waals surface area contributed by atoms with Crippen molar-refractivity contribution in [2.45, 2.75) is 25.1 Å². The van der Waals surface area contributed by atoms with Crippen LogP contribution in [0.3, 0.4) is 0 Å². The highest BCUT2D eigenvalue weighted by molar-refractivity contribution is 7.88. The summed E-state index contributed by atoms with van der Waals surface area (Å²) in [6.45, 7) is 1.07. The predicted molar refractivity (Wildman–Crippen MR) is 86.2 cm³/mol. The molecule has 0 atom stereocenters. The van der Waals surface area contributed by atoms with Crippen molar-refractivity contribution < 1.29 is 13.2 Å². The highest BCUT2D eigenvalue weighted by Gasteiger charge is 2.13. The lowest BCUT2D eigenvalue weighted by Gasteiger charge is -2.18. The molecule has 0 aliphatic carbocycles. The maximum Gasteiger partial charge on any atom is 0.216 e. The van der Waals surface area contributed by atoms with Gasteiger partial charge in [-0.3, -0.25) is 0 Å². The van der Waals surface area contributed by atoms with Crippen molar-refractivity contribution in [3.63, 3.8) is 0 Å². The van der Waals surface area contributed by atoms with Crippen molar-refractivity contribution in [3.8, 4) is 5.75 Å². The van der Waals surface area contributed by atoms with Crippen LogP contribution in [-0.2, 0) is 28.7 Å². The van der Waals surface area contributed by atoms with Crippen molar-refractivity contribution >= 4 is 10.0 Å². The Kier molecular flexibility index (Phi) is 4.45. The van der Waals surface area contributed by atoms with Gasteiger partial charge < -0.3 is 4.74 Å². The third-order valence-corrected chi connectivity index (χ3v) is 4.97. The van der Waals surface area contributed by atoms with Crippen molar-refractivity contribution in [1.82, 2.24) is 4.72 Å². The van der Waals surface area contributed by atoms with Crippen LogP contribution in [0.1, 0.15) is 23.1 Å². The summed E-state index contributed by atoms with van der Waals surface area (Å²) in [7, 11) is -3.34. The molecule has 0 amide bonds. The molecule has 1 aliphatic rings. The Morgan fingerprint density at radius 2 is 1.86 bits per heavy atom. The number of sulfonamides is 1. The molecule has 1 heterocycles. The number of nitrogens with one attached hydrogen (secondary N) is 1. The fraction of sp³-hybridized carbons (Fsp3) is 0.294. The molecule has 0 fully saturated rings. The molecule has 2 aromatic rings. The second kappa shape index (κ2) is 6.50. The van der Waals surface area contributed by atoms with Crippen LogP contribution < -0.4 is 9.46 Å². The SMILES string of the molecule is O=S(=O)(Cc1ccccc1)NCc1ccc2c(c1)CCCO2. The van der Waals surface area contributed by atoms with Crippen LogP contribution in [-0.4, -0.2) is 15.0 Å². The third-order valence-electron chi connectivity index (χ3n) is 3.67. The second-order valence-electron chi connectivity index (χ2n) is 5.46. The molecular formula is C17H19NO3S. The number of hydrogen-bond acceptors (Lipinski definition) is 3. The topological polar surface area (TPSA) is 55.4 Å². The molecule has 0 saturated heterocycles. The summed E-state index contributed by atoms with van der Waals surface area (Å²) in [4.78, 5) is 0. The van der Waals surface area contributed by atoms with Gasteiger partial charge in [-0.15, -0.1) is 0 Å². The Labute approximate surface area is 131 Å². The van der Waals surface area contributed by atoms with E-state index in [0.29, 0.717) is 6.54 Å². The van der Waals surface area contributed by atoms with Crippen molar-refractivity contribution in [2.75, 3.05) is 6.61 Å². The first-order valence-electron chi connectivity index (χ1n) is 7.38. The monoisotopic (exact) mass is 317 g/mol. The Morgan fingerprint density at radius 1 is 1.05 bits per heavy atom. The highest BCUT2D eigenvalue weighted by Crippen LogP contribution is 2.25. The van der Waals surface area contributed by atoms with Crippen LogP contribution in [0.4, 0.5) is 0 Å². The molecule has 1 aliphatic heterocycles. The maximum absolute atomic E-state index is 12.1. The van der Waals surface area contributed by atoms with Gasteiger partial charge in [-0.25, -0.2) is 13.1 Å². The molecule has 5 heteroatoms. The number of rotatable bonds is 5. The normalized spacial score (nSPS) is 14.2. The lowest BCUT2D eigenvalue weighted by atomic mass is 10.0. The molecule has 22 heavy (non-hydrogen) atoms. The van der Waals surface area contributed by atoms with E-state index in [1.165, 1.54) is 0 Å². The predicted octanol–water partition coefficient (Wildman–Crippen LogP) is 2.63. The van der Waals surface area contributed by atoms with Gasteiger partial charge >= 0.3 is 0 Å². The molecule has 4 nitrogen and oxygen atoms in total. The molecule has 116 valence electrons. The lowest BCUT2D eigenvalue weighted by Crippen LogP contribution is -2.24. The molecule has 0 bridgehead atoms. The van der Waals surface area contributed by atoms with E-state index in [2.05, 4.69) is 4.72 Å². The summed E-state index contributed by atoms with van der Waals surface area (Å²) >= 11 is 0. The maximum atomic E-state index is 12.1. The Balaban J connectivity index is 1.64. The van der Waals surface area contributed by atoms with E-state index in [4.69, 9.17) is 4.74 Å². The molecule has 1 N–H and O–H groups in total. The van der Waals surface area contributed by atoms with Crippen LogP contribution in [0, 0.1) is 0 Å².